The van der Waals surface area contributed by atoms with Gasteiger partial charge in [0.15, 0.2) is 0 Å². The molecule has 1 rings (SSSR count). The molecule has 17 heavy (non-hydrogen) atoms. The molecule has 4 nitrogen and oxygen atoms in total. The van der Waals surface area contributed by atoms with Gasteiger partial charge in [-0.3, -0.25) is 4.98 Å². The summed E-state index contributed by atoms with van der Waals surface area (Å²) in [5.74, 6) is 0. The highest BCUT2D eigenvalue weighted by atomic mass is 15.2. The SMILES string of the molecule is CC[C@H](N)c1ccc(N(C)CCN(C)C)cn1. The van der Waals surface area contributed by atoms with Crippen LogP contribution in [-0.2, 0) is 0 Å². The van der Waals surface area contributed by atoms with Gasteiger partial charge >= 0.3 is 0 Å². The van der Waals surface area contributed by atoms with Crippen LogP contribution < -0.4 is 10.6 Å². The average Bonchev–Trinajstić information content (AvgIpc) is 2.35. The fourth-order valence-corrected chi connectivity index (χ4v) is 1.53. The van der Waals surface area contributed by atoms with E-state index in [1.165, 1.54) is 0 Å². The highest BCUT2D eigenvalue weighted by Gasteiger charge is 2.06. The third kappa shape index (κ3) is 4.32. The Morgan fingerprint density at radius 2 is 1.94 bits per heavy atom. The Balaban J connectivity index is 2.60. The first-order valence-corrected chi connectivity index (χ1v) is 6.12. The van der Waals surface area contributed by atoms with Crippen LogP contribution in [0.15, 0.2) is 18.3 Å². The van der Waals surface area contributed by atoms with Crippen LogP contribution in [0.25, 0.3) is 0 Å². The molecule has 0 aliphatic rings. The second-order valence-corrected chi connectivity index (χ2v) is 4.68. The number of aromatic nitrogens is 1. The molecule has 96 valence electrons. The maximum Gasteiger partial charge on any atom is 0.0572 e. The van der Waals surface area contributed by atoms with Crippen LogP contribution in [0, 0.1) is 0 Å². The molecule has 0 saturated heterocycles. The van der Waals surface area contributed by atoms with E-state index in [2.05, 4.69) is 48.9 Å². The summed E-state index contributed by atoms with van der Waals surface area (Å²) in [5, 5.41) is 0. The van der Waals surface area contributed by atoms with Crippen molar-refractivity contribution in [1.29, 1.82) is 0 Å². The molecule has 0 saturated carbocycles. The first-order valence-electron chi connectivity index (χ1n) is 6.12. The second kappa shape index (κ2) is 6.57. The standard InChI is InChI=1S/C13H24N4/c1-5-12(14)13-7-6-11(10-15-13)17(4)9-8-16(2)3/h6-7,10,12H,5,8-9,14H2,1-4H3/t12-/m0/s1. The number of nitrogens with zero attached hydrogens (tertiary/aromatic N) is 3. The predicted molar refractivity (Wildman–Crippen MR) is 73.3 cm³/mol. The molecular formula is C13H24N4. The Bertz CT molecular complexity index is 321. The van der Waals surface area contributed by atoms with Crippen molar-refractivity contribution in [3.63, 3.8) is 0 Å². The van der Waals surface area contributed by atoms with Crippen molar-refractivity contribution in [2.75, 3.05) is 39.1 Å². The third-order valence-electron chi connectivity index (χ3n) is 2.91. The van der Waals surface area contributed by atoms with E-state index in [4.69, 9.17) is 5.73 Å². The first kappa shape index (κ1) is 13.9. The fourth-order valence-electron chi connectivity index (χ4n) is 1.53. The molecule has 0 amide bonds. The van der Waals surface area contributed by atoms with Crippen LogP contribution >= 0.6 is 0 Å². The summed E-state index contributed by atoms with van der Waals surface area (Å²) in [6.07, 6.45) is 2.82. The molecule has 0 aromatic carbocycles. The molecule has 1 heterocycles. The summed E-state index contributed by atoms with van der Waals surface area (Å²) >= 11 is 0. The van der Waals surface area contributed by atoms with Crippen LogP contribution in [-0.4, -0.2) is 44.1 Å². The largest absolute Gasteiger partial charge is 0.372 e. The van der Waals surface area contributed by atoms with Gasteiger partial charge in [0.05, 0.1) is 17.6 Å². The van der Waals surface area contributed by atoms with Crippen molar-refractivity contribution >= 4 is 5.69 Å². The molecule has 0 bridgehead atoms. The zero-order chi connectivity index (χ0) is 12.8. The van der Waals surface area contributed by atoms with E-state index in [9.17, 15) is 0 Å². The zero-order valence-corrected chi connectivity index (χ0v) is 11.3. The summed E-state index contributed by atoms with van der Waals surface area (Å²) < 4.78 is 0. The van der Waals surface area contributed by atoms with Crippen molar-refractivity contribution in [2.45, 2.75) is 19.4 Å². The summed E-state index contributed by atoms with van der Waals surface area (Å²) in [5.41, 5.74) is 8.04. The van der Waals surface area contributed by atoms with Gasteiger partial charge in [-0.1, -0.05) is 6.92 Å². The van der Waals surface area contributed by atoms with E-state index in [1.807, 2.05) is 12.3 Å². The highest BCUT2D eigenvalue weighted by Crippen LogP contribution is 2.15. The third-order valence-corrected chi connectivity index (χ3v) is 2.91. The molecule has 2 N–H and O–H groups in total. The predicted octanol–water partition coefficient (Wildman–Crippen LogP) is 1.49. The van der Waals surface area contributed by atoms with Crippen molar-refractivity contribution in [3.8, 4) is 0 Å². The smallest absolute Gasteiger partial charge is 0.0572 e. The van der Waals surface area contributed by atoms with E-state index in [0.29, 0.717) is 0 Å². The Kier molecular flexibility index (Phi) is 5.38. The lowest BCUT2D eigenvalue weighted by molar-refractivity contribution is 0.416. The molecule has 0 radical (unpaired) electrons. The number of anilines is 1. The van der Waals surface area contributed by atoms with Crippen molar-refractivity contribution in [3.05, 3.63) is 24.0 Å². The van der Waals surface area contributed by atoms with Gasteiger partial charge in [-0.15, -0.1) is 0 Å². The molecule has 1 aromatic heterocycles. The van der Waals surface area contributed by atoms with Gasteiger partial charge in [-0.05, 0) is 32.6 Å². The molecule has 0 aliphatic heterocycles. The zero-order valence-electron chi connectivity index (χ0n) is 11.3. The van der Waals surface area contributed by atoms with E-state index in [0.717, 1.165) is 30.9 Å². The molecule has 0 spiro atoms. The summed E-state index contributed by atoms with van der Waals surface area (Å²) in [4.78, 5) is 8.79. The van der Waals surface area contributed by atoms with Gasteiger partial charge in [0, 0.05) is 26.2 Å². The summed E-state index contributed by atoms with van der Waals surface area (Å²) in [6, 6.07) is 4.17. The minimum absolute atomic E-state index is 0.0520. The van der Waals surface area contributed by atoms with Gasteiger partial charge in [0.1, 0.15) is 0 Å². The van der Waals surface area contributed by atoms with Gasteiger partial charge in [0.25, 0.3) is 0 Å². The van der Waals surface area contributed by atoms with Crippen LogP contribution in [0.1, 0.15) is 25.1 Å². The summed E-state index contributed by atoms with van der Waals surface area (Å²) in [7, 11) is 6.24. The minimum atomic E-state index is 0.0520. The molecule has 0 fully saturated rings. The lowest BCUT2D eigenvalue weighted by atomic mass is 10.1. The monoisotopic (exact) mass is 236 g/mol. The van der Waals surface area contributed by atoms with E-state index >= 15 is 0 Å². The quantitative estimate of drug-likeness (QED) is 0.813. The topological polar surface area (TPSA) is 45.4 Å². The molecule has 0 unspecified atom stereocenters. The van der Waals surface area contributed by atoms with Crippen LogP contribution in [0.2, 0.25) is 0 Å². The lowest BCUT2D eigenvalue weighted by Gasteiger charge is -2.21. The van der Waals surface area contributed by atoms with Crippen molar-refractivity contribution in [1.82, 2.24) is 9.88 Å². The van der Waals surface area contributed by atoms with E-state index in [-0.39, 0.29) is 6.04 Å². The van der Waals surface area contributed by atoms with E-state index in [1.54, 1.807) is 0 Å². The molecular weight excluding hydrogens is 212 g/mol. The molecule has 1 atom stereocenters. The second-order valence-electron chi connectivity index (χ2n) is 4.68. The highest BCUT2D eigenvalue weighted by molar-refractivity contribution is 5.43. The van der Waals surface area contributed by atoms with Crippen molar-refractivity contribution in [2.24, 2.45) is 5.73 Å². The molecule has 4 heteroatoms. The lowest BCUT2D eigenvalue weighted by Crippen LogP contribution is -2.28. The number of likely N-dealkylation sites (N-methyl/N-ethyl adjacent to an activating group) is 2. The number of rotatable bonds is 6. The normalized spacial score (nSPS) is 12.8. The van der Waals surface area contributed by atoms with Crippen LogP contribution in [0.5, 0.6) is 0 Å². The van der Waals surface area contributed by atoms with Gasteiger partial charge in [-0.2, -0.15) is 0 Å². The maximum absolute atomic E-state index is 5.94. The number of hydrogen-bond acceptors (Lipinski definition) is 4. The summed E-state index contributed by atoms with van der Waals surface area (Å²) in [6.45, 7) is 4.10. The fraction of sp³-hybridized carbons (Fsp3) is 0.615. The van der Waals surface area contributed by atoms with Crippen LogP contribution in [0.3, 0.4) is 0 Å². The van der Waals surface area contributed by atoms with Crippen LogP contribution in [0.4, 0.5) is 5.69 Å². The van der Waals surface area contributed by atoms with E-state index < -0.39 is 0 Å². The Morgan fingerprint density at radius 1 is 1.24 bits per heavy atom. The average molecular weight is 236 g/mol. The first-order chi connectivity index (χ1) is 8.04. The minimum Gasteiger partial charge on any atom is -0.372 e. The number of nitrogens with two attached hydrogens (primary N) is 1. The Labute approximate surface area is 104 Å². The van der Waals surface area contributed by atoms with Gasteiger partial charge in [0.2, 0.25) is 0 Å². The Hall–Kier alpha value is -1.13. The number of hydrogen-bond donors (Lipinski definition) is 1. The maximum atomic E-state index is 5.94. The van der Waals surface area contributed by atoms with Gasteiger partial charge in [-0.25, -0.2) is 0 Å². The molecule has 0 aliphatic carbocycles. The van der Waals surface area contributed by atoms with Gasteiger partial charge < -0.3 is 15.5 Å². The number of pyridine rings is 1. The van der Waals surface area contributed by atoms with Crippen molar-refractivity contribution < 1.29 is 0 Å². The molecule has 1 aromatic rings. The Morgan fingerprint density at radius 3 is 2.41 bits per heavy atom.